The van der Waals surface area contributed by atoms with E-state index in [1.54, 1.807) is 26.1 Å². The lowest BCUT2D eigenvalue weighted by molar-refractivity contribution is 0.618. The number of aryl methyl sites for hydroxylation is 1. The molecule has 1 rings (SSSR count). The summed E-state index contributed by atoms with van der Waals surface area (Å²) in [7, 11) is 1.59. The van der Waals surface area contributed by atoms with Crippen molar-refractivity contribution < 1.29 is 4.39 Å². The van der Waals surface area contributed by atoms with Gasteiger partial charge in [-0.3, -0.25) is 4.99 Å². The second kappa shape index (κ2) is 4.00. The van der Waals surface area contributed by atoms with Crippen LogP contribution in [0.3, 0.4) is 0 Å². The SMILES string of the molecule is CN=C(NN)c1ccc(C)c(F)c1. The lowest BCUT2D eigenvalue weighted by atomic mass is 10.1. The van der Waals surface area contributed by atoms with Crippen LogP contribution < -0.4 is 11.3 Å². The van der Waals surface area contributed by atoms with Gasteiger partial charge >= 0.3 is 0 Å². The fourth-order valence-electron chi connectivity index (χ4n) is 1.02. The molecule has 0 aliphatic heterocycles. The molecule has 0 bridgehead atoms. The summed E-state index contributed by atoms with van der Waals surface area (Å²) in [6, 6.07) is 4.85. The van der Waals surface area contributed by atoms with Crippen molar-refractivity contribution >= 4 is 5.84 Å². The van der Waals surface area contributed by atoms with Crippen LogP contribution in [0.2, 0.25) is 0 Å². The van der Waals surface area contributed by atoms with Crippen molar-refractivity contribution in [1.29, 1.82) is 0 Å². The average molecular weight is 181 g/mol. The first-order valence-corrected chi connectivity index (χ1v) is 3.89. The Morgan fingerprint density at radius 1 is 1.54 bits per heavy atom. The van der Waals surface area contributed by atoms with Gasteiger partial charge in [0, 0.05) is 12.6 Å². The molecule has 70 valence electrons. The van der Waals surface area contributed by atoms with Gasteiger partial charge < -0.3 is 5.43 Å². The third kappa shape index (κ3) is 2.03. The van der Waals surface area contributed by atoms with Crippen molar-refractivity contribution in [3.05, 3.63) is 35.1 Å². The topological polar surface area (TPSA) is 50.4 Å². The van der Waals surface area contributed by atoms with Gasteiger partial charge in [-0.2, -0.15) is 0 Å². The predicted molar refractivity (Wildman–Crippen MR) is 50.9 cm³/mol. The molecule has 0 aliphatic carbocycles. The van der Waals surface area contributed by atoms with E-state index in [9.17, 15) is 4.39 Å². The second-order valence-corrected chi connectivity index (χ2v) is 2.68. The highest BCUT2D eigenvalue weighted by molar-refractivity contribution is 5.98. The number of rotatable bonds is 1. The minimum absolute atomic E-state index is 0.256. The van der Waals surface area contributed by atoms with Gasteiger partial charge in [0.25, 0.3) is 0 Å². The molecule has 0 spiro atoms. The van der Waals surface area contributed by atoms with Crippen LogP contribution in [-0.4, -0.2) is 12.9 Å². The Morgan fingerprint density at radius 3 is 2.69 bits per heavy atom. The van der Waals surface area contributed by atoms with Crippen molar-refractivity contribution in [3.8, 4) is 0 Å². The van der Waals surface area contributed by atoms with Crippen LogP contribution in [-0.2, 0) is 0 Å². The summed E-state index contributed by atoms with van der Waals surface area (Å²) in [5.41, 5.74) is 3.65. The van der Waals surface area contributed by atoms with Crippen molar-refractivity contribution in [1.82, 2.24) is 5.43 Å². The maximum absolute atomic E-state index is 13.1. The summed E-state index contributed by atoms with van der Waals surface area (Å²) in [6.07, 6.45) is 0. The first-order chi connectivity index (χ1) is 6.19. The number of nitrogens with one attached hydrogen (secondary N) is 1. The van der Waals surface area contributed by atoms with E-state index >= 15 is 0 Å². The highest BCUT2D eigenvalue weighted by Gasteiger charge is 2.03. The van der Waals surface area contributed by atoms with E-state index in [4.69, 9.17) is 5.84 Å². The summed E-state index contributed by atoms with van der Waals surface area (Å²) in [4.78, 5) is 3.86. The van der Waals surface area contributed by atoms with Crippen LogP contribution in [0.1, 0.15) is 11.1 Å². The molecular formula is C9H12FN3. The van der Waals surface area contributed by atoms with E-state index < -0.39 is 0 Å². The van der Waals surface area contributed by atoms with Crippen LogP contribution in [0.25, 0.3) is 0 Å². The maximum atomic E-state index is 13.1. The van der Waals surface area contributed by atoms with Crippen LogP contribution in [0.4, 0.5) is 4.39 Å². The van der Waals surface area contributed by atoms with E-state index in [-0.39, 0.29) is 5.82 Å². The number of nitrogens with two attached hydrogens (primary N) is 1. The van der Waals surface area contributed by atoms with Gasteiger partial charge in [0.15, 0.2) is 0 Å². The molecule has 0 aromatic heterocycles. The van der Waals surface area contributed by atoms with E-state index in [0.29, 0.717) is 17.0 Å². The minimum atomic E-state index is -0.256. The summed E-state index contributed by atoms with van der Waals surface area (Å²) < 4.78 is 13.1. The molecule has 4 heteroatoms. The third-order valence-electron chi connectivity index (χ3n) is 1.81. The van der Waals surface area contributed by atoms with Gasteiger partial charge in [-0.1, -0.05) is 12.1 Å². The number of halogens is 1. The number of benzene rings is 1. The summed E-state index contributed by atoms with van der Waals surface area (Å²) in [5, 5.41) is 0. The molecule has 3 nitrogen and oxygen atoms in total. The van der Waals surface area contributed by atoms with Gasteiger partial charge in [-0.25, -0.2) is 10.2 Å². The largest absolute Gasteiger partial charge is 0.308 e. The Hall–Kier alpha value is -1.42. The molecule has 1 aromatic rings. The first-order valence-electron chi connectivity index (χ1n) is 3.89. The smallest absolute Gasteiger partial charge is 0.142 e. The number of amidine groups is 1. The van der Waals surface area contributed by atoms with Gasteiger partial charge in [-0.15, -0.1) is 0 Å². The van der Waals surface area contributed by atoms with E-state index in [1.807, 2.05) is 0 Å². The molecule has 1 aromatic carbocycles. The van der Waals surface area contributed by atoms with Crippen LogP contribution in [0.15, 0.2) is 23.2 Å². The molecule has 0 saturated carbocycles. The first kappa shape index (κ1) is 9.67. The zero-order valence-electron chi connectivity index (χ0n) is 7.63. The van der Waals surface area contributed by atoms with E-state index in [0.717, 1.165) is 0 Å². The predicted octanol–water partition coefficient (Wildman–Crippen LogP) is 0.974. The Bertz CT molecular complexity index is 334. The fraction of sp³-hybridized carbons (Fsp3) is 0.222. The molecule has 13 heavy (non-hydrogen) atoms. The summed E-state index contributed by atoms with van der Waals surface area (Å²) >= 11 is 0. The summed E-state index contributed by atoms with van der Waals surface area (Å²) in [6.45, 7) is 1.71. The molecule has 0 aliphatic rings. The van der Waals surface area contributed by atoms with E-state index in [1.165, 1.54) is 6.07 Å². The van der Waals surface area contributed by atoms with Crippen molar-refractivity contribution in [3.63, 3.8) is 0 Å². The molecule has 0 fully saturated rings. The molecule has 0 heterocycles. The second-order valence-electron chi connectivity index (χ2n) is 2.68. The number of aliphatic imine (C=N–C) groups is 1. The molecule has 0 atom stereocenters. The Balaban J connectivity index is 3.10. The van der Waals surface area contributed by atoms with Crippen LogP contribution in [0, 0.1) is 12.7 Å². The maximum Gasteiger partial charge on any atom is 0.142 e. The zero-order valence-corrected chi connectivity index (χ0v) is 7.63. The van der Waals surface area contributed by atoms with Crippen LogP contribution >= 0.6 is 0 Å². The molecule has 3 N–H and O–H groups in total. The van der Waals surface area contributed by atoms with Crippen molar-refractivity contribution in [2.45, 2.75) is 6.92 Å². The Morgan fingerprint density at radius 2 is 2.23 bits per heavy atom. The number of nitrogens with zero attached hydrogens (tertiary/aromatic N) is 1. The highest BCUT2D eigenvalue weighted by atomic mass is 19.1. The average Bonchev–Trinajstić information content (AvgIpc) is 2.13. The molecule has 0 saturated heterocycles. The number of hydrogen-bond acceptors (Lipinski definition) is 2. The zero-order chi connectivity index (χ0) is 9.84. The van der Waals surface area contributed by atoms with Gasteiger partial charge in [0.2, 0.25) is 0 Å². The molecule has 0 amide bonds. The van der Waals surface area contributed by atoms with Gasteiger partial charge in [0.1, 0.15) is 11.7 Å². The Kier molecular flexibility index (Phi) is 2.97. The normalized spacial score (nSPS) is 11.5. The molecule has 0 unspecified atom stereocenters. The summed E-state index contributed by atoms with van der Waals surface area (Å²) in [5.74, 6) is 5.42. The van der Waals surface area contributed by atoms with Gasteiger partial charge in [0.05, 0.1) is 0 Å². The Labute approximate surface area is 76.4 Å². The monoisotopic (exact) mass is 181 g/mol. The highest BCUT2D eigenvalue weighted by Crippen LogP contribution is 2.08. The van der Waals surface area contributed by atoms with Gasteiger partial charge in [-0.05, 0) is 18.6 Å². The van der Waals surface area contributed by atoms with Crippen LogP contribution in [0.5, 0.6) is 0 Å². The number of hydrogen-bond donors (Lipinski definition) is 2. The molecular weight excluding hydrogens is 169 g/mol. The lowest BCUT2D eigenvalue weighted by Gasteiger charge is -2.05. The fourth-order valence-corrected chi connectivity index (χ4v) is 1.02. The minimum Gasteiger partial charge on any atom is -0.308 e. The van der Waals surface area contributed by atoms with Crippen molar-refractivity contribution in [2.75, 3.05) is 7.05 Å². The standard InChI is InChI=1S/C9H12FN3/c1-6-3-4-7(5-8(6)10)9(12-2)13-11/h3-5H,11H2,1-2H3,(H,12,13). The quantitative estimate of drug-likeness (QED) is 0.293. The number of hydrazine groups is 1. The lowest BCUT2D eigenvalue weighted by Crippen LogP contribution is -2.31. The third-order valence-corrected chi connectivity index (χ3v) is 1.81. The van der Waals surface area contributed by atoms with E-state index in [2.05, 4.69) is 10.4 Å². The molecule has 0 radical (unpaired) electrons. The van der Waals surface area contributed by atoms with Crippen molar-refractivity contribution in [2.24, 2.45) is 10.8 Å².